The van der Waals surface area contributed by atoms with Crippen molar-refractivity contribution in [3.05, 3.63) is 30.1 Å². The van der Waals surface area contributed by atoms with E-state index in [0.717, 1.165) is 10.9 Å². The zero-order chi connectivity index (χ0) is 17.3. The van der Waals surface area contributed by atoms with E-state index < -0.39 is 18.2 Å². The minimum Gasteiger partial charge on any atom is -0.383 e. The number of aliphatic hydroxyl groups is 1. The highest BCUT2D eigenvalue weighted by atomic mass is 19.4. The van der Waals surface area contributed by atoms with E-state index in [1.165, 1.54) is 0 Å². The molecule has 0 aromatic carbocycles. The number of pyridine rings is 1. The van der Waals surface area contributed by atoms with Crippen LogP contribution in [0.3, 0.4) is 0 Å². The van der Waals surface area contributed by atoms with Crippen molar-refractivity contribution in [2.45, 2.75) is 31.5 Å². The average Bonchev–Trinajstić information content (AvgIpc) is 2.96. The predicted octanol–water partition coefficient (Wildman–Crippen LogP) is 2.27. The predicted molar refractivity (Wildman–Crippen MR) is 81.2 cm³/mol. The lowest BCUT2D eigenvalue weighted by atomic mass is 9.90. The number of carbonyl (C=O) groups is 1. The van der Waals surface area contributed by atoms with Crippen LogP contribution in [0.2, 0.25) is 0 Å². The number of carbonyl (C=O) groups excluding carboxylic acids is 1. The Kier molecular flexibility index (Phi) is 4.49. The summed E-state index contributed by atoms with van der Waals surface area (Å²) in [5, 5.41) is 10.2. The normalized spacial score (nSPS) is 18.1. The van der Waals surface area contributed by atoms with E-state index in [1.807, 2.05) is 6.07 Å². The van der Waals surface area contributed by atoms with Gasteiger partial charge in [0.25, 0.3) is 0 Å². The van der Waals surface area contributed by atoms with Crippen LogP contribution >= 0.6 is 0 Å². The molecule has 0 aliphatic carbocycles. The van der Waals surface area contributed by atoms with Gasteiger partial charge in [0.1, 0.15) is 5.65 Å². The molecule has 1 aliphatic heterocycles. The molecule has 0 spiro atoms. The molecule has 3 heterocycles. The van der Waals surface area contributed by atoms with E-state index >= 15 is 0 Å². The van der Waals surface area contributed by atoms with Crippen LogP contribution in [0.25, 0.3) is 11.0 Å². The highest BCUT2D eigenvalue weighted by molar-refractivity contribution is 5.87. The zero-order valence-electron chi connectivity index (χ0n) is 12.9. The van der Waals surface area contributed by atoms with Crippen LogP contribution in [0.15, 0.2) is 24.5 Å². The van der Waals surface area contributed by atoms with Gasteiger partial charge < -0.3 is 15.0 Å². The maximum Gasteiger partial charge on any atom is 0.414 e. The van der Waals surface area contributed by atoms with Crippen molar-refractivity contribution in [1.82, 2.24) is 14.9 Å². The number of piperidine rings is 1. The van der Waals surface area contributed by atoms with Crippen molar-refractivity contribution in [3.8, 4) is 0 Å². The summed E-state index contributed by atoms with van der Waals surface area (Å²) >= 11 is 0. The van der Waals surface area contributed by atoms with Crippen molar-refractivity contribution in [1.29, 1.82) is 0 Å². The molecular weight excluding hydrogens is 323 g/mol. The van der Waals surface area contributed by atoms with Gasteiger partial charge in [-0.1, -0.05) is 0 Å². The first-order chi connectivity index (χ1) is 11.4. The number of likely N-dealkylation sites (tertiary alicyclic amines) is 1. The SMILES string of the molecule is O=C(Cc1c[nH]c2ncccc12)N1CCC(C(O)C(F)(F)F)CC1. The van der Waals surface area contributed by atoms with Crippen LogP contribution in [0, 0.1) is 5.92 Å². The molecule has 1 saturated heterocycles. The van der Waals surface area contributed by atoms with Crippen LogP contribution in [0.4, 0.5) is 13.2 Å². The number of nitrogens with one attached hydrogen (secondary N) is 1. The number of nitrogens with zero attached hydrogens (tertiary/aromatic N) is 2. The summed E-state index contributed by atoms with van der Waals surface area (Å²) in [5.41, 5.74) is 1.52. The van der Waals surface area contributed by atoms with Gasteiger partial charge in [-0.3, -0.25) is 4.79 Å². The second-order valence-corrected chi connectivity index (χ2v) is 6.09. The first-order valence-corrected chi connectivity index (χ1v) is 7.80. The van der Waals surface area contributed by atoms with Gasteiger partial charge in [0, 0.05) is 30.9 Å². The third-order valence-corrected chi connectivity index (χ3v) is 4.55. The summed E-state index contributed by atoms with van der Waals surface area (Å²) in [6.07, 6.45) is -3.04. The number of hydrogen-bond acceptors (Lipinski definition) is 3. The Morgan fingerprint density at radius 2 is 2.12 bits per heavy atom. The number of halogens is 3. The maximum atomic E-state index is 12.5. The van der Waals surface area contributed by atoms with Crippen molar-refractivity contribution in [2.24, 2.45) is 5.92 Å². The number of amides is 1. The van der Waals surface area contributed by atoms with E-state index in [2.05, 4.69) is 9.97 Å². The van der Waals surface area contributed by atoms with Crippen LogP contribution < -0.4 is 0 Å². The molecule has 0 bridgehead atoms. The molecule has 130 valence electrons. The van der Waals surface area contributed by atoms with Crippen LogP contribution in [0.1, 0.15) is 18.4 Å². The summed E-state index contributed by atoms with van der Waals surface area (Å²) < 4.78 is 37.6. The van der Waals surface area contributed by atoms with Crippen molar-refractivity contribution < 1.29 is 23.1 Å². The topological polar surface area (TPSA) is 69.2 Å². The minimum atomic E-state index is -4.60. The molecule has 0 saturated carbocycles. The van der Waals surface area contributed by atoms with Gasteiger partial charge in [0.2, 0.25) is 5.91 Å². The van der Waals surface area contributed by atoms with Gasteiger partial charge in [0.15, 0.2) is 6.10 Å². The zero-order valence-corrected chi connectivity index (χ0v) is 12.9. The fourth-order valence-electron chi connectivity index (χ4n) is 3.17. The number of aromatic nitrogens is 2. The molecule has 3 rings (SSSR count). The minimum absolute atomic E-state index is 0.125. The van der Waals surface area contributed by atoms with Gasteiger partial charge in [-0.2, -0.15) is 13.2 Å². The molecule has 1 aliphatic rings. The molecule has 0 radical (unpaired) electrons. The lowest BCUT2D eigenvalue weighted by Crippen LogP contribution is -2.45. The molecule has 1 fully saturated rings. The molecule has 1 amide bonds. The summed E-state index contributed by atoms with van der Waals surface area (Å²) in [6.45, 7) is 0.467. The number of fused-ring (bicyclic) bond motifs is 1. The summed E-state index contributed by atoms with van der Waals surface area (Å²) in [7, 11) is 0. The molecule has 2 aromatic rings. The van der Waals surface area contributed by atoms with Gasteiger partial charge in [0.05, 0.1) is 6.42 Å². The van der Waals surface area contributed by atoms with Crippen LogP contribution in [0.5, 0.6) is 0 Å². The first-order valence-electron chi connectivity index (χ1n) is 7.80. The molecule has 5 nitrogen and oxygen atoms in total. The molecule has 8 heteroatoms. The van der Waals surface area contributed by atoms with Gasteiger partial charge in [-0.25, -0.2) is 4.98 Å². The number of aromatic amines is 1. The Bertz CT molecular complexity index is 721. The third kappa shape index (κ3) is 3.38. The molecule has 2 N–H and O–H groups in total. The number of rotatable bonds is 3. The number of hydrogen-bond donors (Lipinski definition) is 2. The summed E-state index contributed by atoms with van der Waals surface area (Å²) in [6, 6.07) is 3.65. The van der Waals surface area contributed by atoms with E-state index in [0.29, 0.717) is 5.65 Å². The van der Waals surface area contributed by atoms with E-state index in [9.17, 15) is 23.1 Å². The number of alkyl halides is 3. The number of aliphatic hydroxyl groups excluding tert-OH is 1. The first kappa shape index (κ1) is 16.8. The third-order valence-electron chi connectivity index (χ3n) is 4.55. The van der Waals surface area contributed by atoms with Crippen LogP contribution in [-0.2, 0) is 11.2 Å². The highest BCUT2D eigenvalue weighted by Crippen LogP contribution is 2.31. The van der Waals surface area contributed by atoms with E-state index in [4.69, 9.17) is 0 Å². The Labute approximate surface area is 136 Å². The monoisotopic (exact) mass is 341 g/mol. The Morgan fingerprint density at radius 3 is 2.79 bits per heavy atom. The van der Waals surface area contributed by atoms with Crippen molar-refractivity contribution in [3.63, 3.8) is 0 Å². The standard InChI is InChI=1S/C16H18F3N3O2/c17-16(18,19)14(24)10-3-6-22(7-4-10)13(23)8-11-9-21-15-12(11)2-1-5-20-15/h1-2,5,9-10,14,24H,3-4,6-8H2,(H,20,21). The Morgan fingerprint density at radius 1 is 1.42 bits per heavy atom. The summed E-state index contributed by atoms with van der Waals surface area (Å²) in [4.78, 5) is 21.1. The Balaban J connectivity index is 1.60. The fraction of sp³-hybridized carbons (Fsp3) is 0.500. The highest BCUT2D eigenvalue weighted by Gasteiger charge is 2.44. The second kappa shape index (κ2) is 6.43. The fourth-order valence-corrected chi connectivity index (χ4v) is 3.17. The average molecular weight is 341 g/mol. The van der Waals surface area contributed by atoms with Gasteiger partial charge in [-0.15, -0.1) is 0 Å². The number of H-pyrrole nitrogens is 1. The van der Waals surface area contributed by atoms with Crippen molar-refractivity contribution in [2.75, 3.05) is 13.1 Å². The Hall–Kier alpha value is -2.09. The molecule has 1 unspecified atom stereocenters. The smallest absolute Gasteiger partial charge is 0.383 e. The van der Waals surface area contributed by atoms with Gasteiger partial charge >= 0.3 is 6.18 Å². The molecule has 24 heavy (non-hydrogen) atoms. The molecule has 2 aromatic heterocycles. The maximum absolute atomic E-state index is 12.5. The second-order valence-electron chi connectivity index (χ2n) is 6.09. The lowest BCUT2D eigenvalue weighted by Gasteiger charge is -2.34. The van der Waals surface area contributed by atoms with E-state index in [1.54, 1.807) is 23.4 Å². The van der Waals surface area contributed by atoms with Crippen molar-refractivity contribution >= 4 is 16.9 Å². The molecular formula is C16H18F3N3O2. The quantitative estimate of drug-likeness (QED) is 0.900. The van der Waals surface area contributed by atoms with E-state index in [-0.39, 0.29) is 38.3 Å². The largest absolute Gasteiger partial charge is 0.414 e. The van der Waals surface area contributed by atoms with Gasteiger partial charge in [-0.05, 0) is 36.5 Å². The summed E-state index contributed by atoms with van der Waals surface area (Å²) in [5.74, 6) is -0.967. The lowest BCUT2D eigenvalue weighted by molar-refractivity contribution is -0.222. The molecule has 1 atom stereocenters. The van der Waals surface area contributed by atoms with Crippen LogP contribution in [-0.4, -0.2) is 51.3 Å².